The smallest absolute Gasteiger partial charge is 0.407 e. The van der Waals surface area contributed by atoms with Crippen molar-refractivity contribution < 1.29 is 13.9 Å². The van der Waals surface area contributed by atoms with E-state index >= 15 is 0 Å². The highest BCUT2D eigenvalue weighted by atomic mass is 32.2. The molecule has 0 aliphatic heterocycles. The van der Waals surface area contributed by atoms with E-state index in [0.717, 1.165) is 23.7 Å². The molecular formula is C19H29NO4S. The van der Waals surface area contributed by atoms with Crippen LogP contribution in [-0.4, -0.2) is 30.7 Å². The fraction of sp³-hybridized carbons (Fsp3) is 0.579. The van der Waals surface area contributed by atoms with Crippen LogP contribution in [0, 0.1) is 5.92 Å². The normalized spacial score (nSPS) is 11.8. The number of fused-ring (bicyclic) bond motifs is 1. The first-order valence-corrected chi connectivity index (χ1v) is 9.81. The molecule has 0 spiro atoms. The van der Waals surface area contributed by atoms with Gasteiger partial charge in [0.05, 0.1) is 10.4 Å². The molecule has 0 bridgehead atoms. The van der Waals surface area contributed by atoms with Crippen LogP contribution in [0.4, 0.5) is 0 Å². The zero-order valence-corrected chi connectivity index (χ0v) is 16.2. The molecule has 1 heterocycles. The number of aldehydes is 1. The summed E-state index contributed by atoms with van der Waals surface area (Å²) in [6.07, 6.45) is 6.62. The van der Waals surface area contributed by atoms with Crippen LogP contribution in [0.1, 0.15) is 46.0 Å². The second kappa shape index (κ2) is 12.8. The minimum Gasteiger partial charge on any atom is -0.407 e. The van der Waals surface area contributed by atoms with Gasteiger partial charge in [0.15, 0.2) is 5.58 Å². The largest absolute Gasteiger partial charge is 0.417 e. The Balaban J connectivity index is 0.000000275. The summed E-state index contributed by atoms with van der Waals surface area (Å²) in [6, 6.07) is 5.50. The zero-order valence-electron chi connectivity index (χ0n) is 15.4. The Morgan fingerprint density at radius 2 is 2.16 bits per heavy atom. The molecule has 1 N–H and O–H groups in total. The molecule has 0 aliphatic rings. The van der Waals surface area contributed by atoms with E-state index in [1.165, 1.54) is 37.4 Å². The number of unbranched alkanes of at least 4 members (excludes halogenated alkanes) is 1. The van der Waals surface area contributed by atoms with Gasteiger partial charge < -0.3 is 13.9 Å². The van der Waals surface area contributed by atoms with Crippen LogP contribution in [0.5, 0.6) is 0 Å². The van der Waals surface area contributed by atoms with Gasteiger partial charge >= 0.3 is 5.76 Å². The van der Waals surface area contributed by atoms with Gasteiger partial charge in [0.2, 0.25) is 0 Å². The maximum Gasteiger partial charge on any atom is 0.417 e. The minimum absolute atomic E-state index is 0.451. The van der Waals surface area contributed by atoms with Crippen molar-refractivity contribution in [1.82, 2.24) is 4.98 Å². The van der Waals surface area contributed by atoms with Crippen molar-refractivity contribution in [3.05, 3.63) is 28.7 Å². The van der Waals surface area contributed by atoms with E-state index in [-0.39, 0.29) is 0 Å². The zero-order chi connectivity index (χ0) is 18.5. The molecule has 1 aromatic heterocycles. The molecule has 140 valence electrons. The van der Waals surface area contributed by atoms with E-state index in [1.54, 1.807) is 13.2 Å². The van der Waals surface area contributed by atoms with Gasteiger partial charge in [-0.2, -0.15) is 0 Å². The molecule has 0 amide bonds. The SMILES string of the molecule is CCCCC(CC)COC.O=CCCSc1cccc2[nH]c(=O)oc12. The highest BCUT2D eigenvalue weighted by molar-refractivity contribution is 7.99. The molecule has 0 aliphatic carbocycles. The Hall–Kier alpha value is -1.53. The van der Waals surface area contributed by atoms with E-state index in [0.29, 0.717) is 23.3 Å². The van der Waals surface area contributed by atoms with Gasteiger partial charge in [-0.1, -0.05) is 39.2 Å². The van der Waals surface area contributed by atoms with Gasteiger partial charge in [0.1, 0.15) is 6.29 Å². The van der Waals surface area contributed by atoms with Gasteiger partial charge in [0.25, 0.3) is 0 Å². The highest BCUT2D eigenvalue weighted by Crippen LogP contribution is 2.26. The second-order valence-electron chi connectivity index (χ2n) is 5.82. The number of aromatic amines is 1. The summed E-state index contributed by atoms with van der Waals surface area (Å²) in [5.74, 6) is 1.04. The summed E-state index contributed by atoms with van der Waals surface area (Å²) in [7, 11) is 1.79. The molecule has 5 nitrogen and oxygen atoms in total. The summed E-state index contributed by atoms with van der Waals surface area (Å²) >= 11 is 1.50. The summed E-state index contributed by atoms with van der Waals surface area (Å²) in [4.78, 5) is 24.6. The van der Waals surface area contributed by atoms with Gasteiger partial charge in [-0.05, 0) is 24.5 Å². The number of H-pyrrole nitrogens is 1. The average molecular weight is 368 g/mol. The van der Waals surface area contributed by atoms with Crippen LogP contribution in [0.3, 0.4) is 0 Å². The summed E-state index contributed by atoms with van der Waals surface area (Å²) in [6.45, 7) is 5.41. The Morgan fingerprint density at radius 3 is 2.80 bits per heavy atom. The lowest BCUT2D eigenvalue weighted by Crippen LogP contribution is -2.06. The lowest BCUT2D eigenvalue weighted by Gasteiger charge is -2.11. The molecule has 2 aromatic rings. The maximum atomic E-state index is 11.0. The molecule has 0 saturated carbocycles. The lowest BCUT2D eigenvalue weighted by molar-refractivity contribution is -0.107. The molecule has 25 heavy (non-hydrogen) atoms. The molecule has 0 fully saturated rings. The van der Waals surface area contributed by atoms with Crippen molar-refractivity contribution in [2.75, 3.05) is 19.5 Å². The number of para-hydroxylation sites is 1. The van der Waals surface area contributed by atoms with Crippen molar-refractivity contribution in [1.29, 1.82) is 0 Å². The van der Waals surface area contributed by atoms with Gasteiger partial charge in [0, 0.05) is 25.9 Å². The summed E-state index contributed by atoms with van der Waals surface area (Å²) in [5, 5.41) is 0. The Labute approximate surface area is 153 Å². The van der Waals surface area contributed by atoms with E-state index in [2.05, 4.69) is 18.8 Å². The van der Waals surface area contributed by atoms with E-state index in [4.69, 9.17) is 9.15 Å². The third kappa shape index (κ3) is 7.92. The molecule has 1 aromatic carbocycles. The average Bonchev–Trinajstić information content (AvgIpc) is 3.00. The van der Waals surface area contributed by atoms with E-state index in [1.807, 2.05) is 12.1 Å². The van der Waals surface area contributed by atoms with Crippen LogP contribution in [-0.2, 0) is 9.53 Å². The van der Waals surface area contributed by atoms with Crippen LogP contribution in [0.15, 0.2) is 32.3 Å². The molecular weight excluding hydrogens is 338 g/mol. The maximum absolute atomic E-state index is 11.0. The first-order valence-electron chi connectivity index (χ1n) is 8.83. The standard InChI is InChI=1S/C10H9NO3S.C9H20O/c12-5-2-6-15-8-4-1-3-7-9(8)14-10(13)11-7;1-4-6-7-9(5-2)8-10-3/h1,3-5H,2,6H2,(H,11,13);9H,4-8H2,1-3H3. The topological polar surface area (TPSA) is 72.3 Å². The number of nitrogens with one attached hydrogen (secondary N) is 1. The van der Waals surface area contributed by atoms with E-state index < -0.39 is 5.76 Å². The fourth-order valence-corrected chi connectivity index (χ4v) is 3.30. The minimum atomic E-state index is -0.451. The van der Waals surface area contributed by atoms with Crippen molar-refractivity contribution >= 4 is 29.1 Å². The number of rotatable bonds is 10. The Morgan fingerprint density at radius 1 is 1.36 bits per heavy atom. The number of ether oxygens (including phenoxy) is 1. The third-order valence-electron chi connectivity index (χ3n) is 3.85. The van der Waals surface area contributed by atoms with Crippen molar-refractivity contribution in [3.63, 3.8) is 0 Å². The van der Waals surface area contributed by atoms with Crippen LogP contribution >= 0.6 is 11.8 Å². The summed E-state index contributed by atoms with van der Waals surface area (Å²) < 4.78 is 10.1. The number of hydrogen-bond acceptors (Lipinski definition) is 5. The van der Waals surface area contributed by atoms with Crippen LogP contribution < -0.4 is 5.76 Å². The quantitative estimate of drug-likeness (QED) is 0.376. The Kier molecular flexibility index (Phi) is 11.0. The predicted molar refractivity (Wildman–Crippen MR) is 103 cm³/mol. The van der Waals surface area contributed by atoms with Crippen LogP contribution in [0.25, 0.3) is 11.1 Å². The Bertz CT molecular complexity index is 665. The first-order chi connectivity index (χ1) is 12.2. The monoisotopic (exact) mass is 367 g/mol. The third-order valence-corrected chi connectivity index (χ3v) is 4.92. The van der Waals surface area contributed by atoms with E-state index in [9.17, 15) is 9.59 Å². The highest BCUT2D eigenvalue weighted by Gasteiger charge is 2.06. The number of hydrogen-bond donors (Lipinski definition) is 1. The number of carbonyl (C=O) groups is 1. The van der Waals surface area contributed by atoms with Gasteiger partial charge in [-0.15, -0.1) is 11.8 Å². The number of oxazole rings is 1. The number of thioether (sulfide) groups is 1. The molecule has 0 saturated heterocycles. The second-order valence-corrected chi connectivity index (χ2v) is 6.96. The number of benzene rings is 1. The fourth-order valence-electron chi connectivity index (χ4n) is 2.41. The number of aromatic nitrogens is 1. The molecule has 2 rings (SSSR count). The van der Waals surface area contributed by atoms with Crippen molar-refractivity contribution in [3.8, 4) is 0 Å². The number of carbonyl (C=O) groups excluding carboxylic acids is 1. The van der Waals surface area contributed by atoms with Crippen LogP contribution in [0.2, 0.25) is 0 Å². The summed E-state index contributed by atoms with van der Waals surface area (Å²) in [5.41, 5.74) is 1.26. The van der Waals surface area contributed by atoms with Gasteiger partial charge in [-0.3, -0.25) is 4.98 Å². The first kappa shape index (κ1) is 21.5. The predicted octanol–water partition coefficient (Wildman–Crippen LogP) is 4.65. The molecule has 0 radical (unpaired) electrons. The number of methoxy groups -OCH3 is 1. The van der Waals surface area contributed by atoms with Gasteiger partial charge in [-0.25, -0.2) is 4.79 Å². The molecule has 1 atom stereocenters. The molecule has 1 unspecified atom stereocenters. The van der Waals surface area contributed by atoms with Crippen molar-refractivity contribution in [2.45, 2.75) is 50.8 Å². The molecule has 6 heteroatoms. The lowest BCUT2D eigenvalue weighted by atomic mass is 10.0. The van der Waals surface area contributed by atoms with Crippen molar-refractivity contribution in [2.24, 2.45) is 5.92 Å².